The summed E-state index contributed by atoms with van der Waals surface area (Å²) in [5, 5.41) is 18.5. The van der Waals surface area contributed by atoms with Crippen LogP contribution < -0.4 is 16.0 Å². The zero-order chi connectivity index (χ0) is 50.5. The van der Waals surface area contributed by atoms with Gasteiger partial charge in [-0.1, -0.05) is 77.8 Å². The summed E-state index contributed by atoms with van der Waals surface area (Å²) in [4.78, 5) is 100.0. The summed E-state index contributed by atoms with van der Waals surface area (Å²) in [7, 11) is 4.70. The molecule has 0 aromatic heterocycles. The van der Waals surface area contributed by atoms with Gasteiger partial charge in [0.15, 0.2) is 0 Å². The fourth-order valence-electron chi connectivity index (χ4n) is 10.5. The zero-order valence-corrected chi connectivity index (χ0v) is 42.6. The number of aliphatic carboxylic acids is 1. The Morgan fingerprint density at radius 2 is 1.59 bits per heavy atom. The van der Waals surface area contributed by atoms with Crippen LogP contribution in [0.2, 0.25) is 0 Å². The average Bonchev–Trinajstić information content (AvgIpc) is 4.06. The van der Waals surface area contributed by atoms with Gasteiger partial charge in [0.1, 0.15) is 23.7 Å². The number of alkyl carbamates (subject to hydrolysis) is 1. The topological polar surface area (TPSA) is 213 Å². The van der Waals surface area contributed by atoms with Crippen LogP contribution in [0.3, 0.4) is 0 Å². The third-order valence-corrected chi connectivity index (χ3v) is 14.3. The standard InChI is InChI=1S/C51H82N6O11/c1-12-32(4)43(39(66-10)30-41(59)56-27-19-22-38(56)45(67-11)33(5)46(60)53-37(49(63)64)28-34-20-15-13-16-21-34)55(9)48(62)42(31(2)3)54-47(61)44-35-24-25-36(29-35)57(44)40(58)23-17-14-18-26-52-50(65)68-51(6,7)8/h13,15-16,20-21,31-33,35-39,42-45H,12,14,17-19,22-30H2,1-11H3,(H,52,65)(H,53,60)(H,54,61)(H,63,64)/t32-,33+,35-,36+,37-,38-,39+,42-,43-,44-,45+/m0/s1. The number of benzene rings is 1. The van der Waals surface area contributed by atoms with Gasteiger partial charge >= 0.3 is 12.1 Å². The number of hydrogen-bond donors (Lipinski definition) is 4. The highest BCUT2D eigenvalue weighted by Crippen LogP contribution is 2.43. The molecular weight excluding hydrogens is 873 g/mol. The maximum Gasteiger partial charge on any atom is 0.407 e. The van der Waals surface area contributed by atoms with Gasteiger partial charge in [0.25, 0.3) is 0 Å². The molecule has 0 spiro atoms. The SMILES string of the molecule is CC[C@H](C)[C@@H]([C@@H](CC(=O)N1CCC[C@H]1[C@H](OC)[C@@H](C)C(=O)N[C@@H](Cc1ccccc1)C(=O)O)OC)N(C)C(=O)[C@@H](NC(=O)[C@@H]1[C@H]2CC[C@H](C2)N1C(=O)CCCCCNC(=O)OC(C)(C)C)C(C)C. The van der Waals surface area contributed by atoms with Crippen molar-refractivity contribution >= 4 is 41.6 Å². The third kappa shape index (κ3) is 14.9. The number of fused-ring (bicyclic) bond motifs is 2. The Labute approximate surface area is 404 Å². The molecular formula is C51H82N6O11. The highest BCUT2D eigenvalue weighted by molar-refractivity contribution is 5.93. The Hall–Kier alpha value is -4.77. The summed E-state index contributed by atoms with van der Waals surface area (Å²) in [6.45, 7) is 15.7. The van der Waals surface area contributed by atoms with E-state index in [1.165, 1.54) is 14.2 Å². The quantitative estimate of drug-likeness (QED) is 0.0921. The van der Waals surface area contributed by atoms with Crippen LogP contribution in [-0.4, -0.2) is 150 Å². The van der Waals surface area contributed by atoms with Gasteiger partial charge in [0, 0.05) is 53.2 Å². The molecule has 382 valence electrons. The number of nitrogens with one attached hydrogen (secondary N) is 3. The van der Waals surface area contributed by atoms with Crippen LogP contribution in [0, 0.1) is 23.7 Å². The lowest BCUT2D eigenvalue weighted by atomic mass is 9.89. The molecule has 1 saturated carbocycles. The lowest BCUT2D eigenvalue weighted by Crippen LogP contribution is -2.60. The number of rotatable bonds is 25. The van der Waals surface area contributed by atoms with Gasteiger partial charge in [-0.3, -0.25) is 24.0 Å². The average molecular weight is 955 g/mol. The number of nitrogens with zero attached hydrogens (tertiary/aromatic N) is 3. The number of carboxylic acids is 1. The van der Waals surface area contributed by atoms with E-state index in [1.54, 1.807) is 61.6 Å². The Morgan fingerprint density at radius 3 is 2.19 bits per heavy atom. The molecule has 2 saturated heterocycles. The predicted octanol–water partition coefficient (Wildman–Crippen LogP) is 5.32. The summed E-state index contributed by atoms with van der Waals surface area (Å²) in [6.07, 6.45) is 4.78. The van der Waals surface area contributed by atoms with Gasteiger partial charge < -0.3 is 50.0 Å². The maximum absolute atomic E-state index is 14.7. The molecule has 0 radical (unpaired) electrons. The second-order valence-electron chi connectivity index (χ2n) is 20.6. The van der Waals surface area contributed by atoms with Crippen LogP contribution >= 0.6 is 0 Å². The predicted molar refractivity (Wildman–Crippen MR) is 257 cm³/mol. The second kappa shape index (κ2) is 25.7. The first kappa shape index (κ1) is 55.8. The highest BCUT2D eigenvalue weighted by atomic mass is 16.6. The number of hydrogen-bond acceptors (Lipinski definition) is 10. The number of carbonyl (C=O) groups excluding carboxylic acids is 6. The van der Waals surface area contributed by atoms with Crippen molar-refractivity contribution < 1.29 is 52.9 Å². The molecule has 2 heterocycles. The van der Waals surface area contributed by atoms with Gasteiger partial charge in [0.2, 0.25) is 29.5 Å². The molecule has 2 bridgehead atoms. The smallest absolute Gasteiger partial charge is 0.407 e. The molecule has 3 aliphatic rings. The van der Waals surface area contributed by atoms with E-state index < -0.39 is 71.9 Å². The van der Waals surface area contributed by atoms with Crippen molar-refractivity contribution in [3.63, 3.8) is 0 Å². The van der Waals surface area contributed by atoms with Gasteiger partial charge in [0.05, 0.1) is 36.6 Å². The van der Waals surface area contributed by atoms with E-state index in [4.69, 9.17) is 14.2 Å². The molecule has 17 nitrogen and oxygen atoms in total. The molecule has 1 aromatic carbocycles. The summed E-state index contributed by atoms with van der Waals surface area (Å²) in [6, 6.07) is 5.30. The summed E-state index contributed by atoms with van der Waals surface area (Å²) >= 11 is 0. The molecule has 6 amide bonds. The Morgan fingerprint density at radius 1 is 0.897 bits per heavy atom. The number of likely N-dealkylation sites (tertiary alicyclic amines) is 2. The first-order valence-electron chi connectivity index (χ1n) is 24.9. The summed E-state index contributed by atoms with van der Waals surface area (Å²) in [5.74, 6) is -3.79. The molecule has 2 aliphatic heterocycles. The number of amides is 6. The van der Waals surface area contributed by atoms with Crippen molar-refractivity contribution in [3.8, 4) is 0 Å². The molecule has 1 aromatic rings. The molecule has 4 N–H and O–H groups in total. The molecule has 1 aliphatic carbocycles. The van der Waals surface area contributed by atoms with E-state index in [0.717, 1.165) is 31.2 Å². The minimum Gasteiger partial charge on any atom is -0.480 e. The van der Waals surface area contributed by atoms with Crippen LogP contribution in [0.4, 0.5) is 4.79 Å². The van der Waals surface area contributed by atoms with Crippen LogP contribution in [0.5, 0.6) is 0 Å². The number of carbonyl (C=O) groups is 7. The van der Waals surface area contributed by atoms with Gasteiger partial charge in [-0.2, -0.15) is 0 Å². The largest absolute Gasteiger partial charge is 0.480 e. The zero-order valence-electron chi connectivity index (χ0n) is 42.6. The van der Waals surface area contributed by atoms with Gasteiger partial charge in [-0.25, -0.2) is 9.59 Å². The second-order valence-corrected chi connectivity index (χ2v) is 20.6. The minimum absolute atomic E-state index is 0.00477. The van der Waals surface area contributed by atoms with Crippen molar-refractivity contribution in [1.29, 1.82) is 0 Å². The van der Waals surface area contributed by atoms with Crippen molar-refractivity contribution in [1.82, 2.24) is 30.7 Å². The number of unbranched alkanes of at least 4 members (excludes halogenated alkanes) is 2. The van der Waals surface area contributed by atoms with E-state index >= 15 is 0 Å². The van der Waals surface area contributed by atoms with Crippen molar-refractivity contribution in [2.75, 3.05) is 34.4 Å². The Kier molecular flexibility index (Phi) is 21.1. The lowest BCUT2D eigenvalue weighted by Gasteiger charge is -2.41. The molecule has 11 atom stereocenters. The first-order valence-corrected chi connectivity index (χ1v) is 24.9. The number of carboxylic acid groups (broad SMARTS) is 1. The first-order chi connectivity index (χ1) is 32.1. The van der Waals surface area contributed by atoms with E-state index in [1.807, 2.05) is 45.9 Å². The molecule has 0 unspecified atom stereocenters. The van der Waals surface area contributed by atoms with Crippen LogP contribution in [0.1, 0.15) is 132 Å². The lowest BCUT2D eigenvalue weighted by molar-refractivity contribution is -0.149. The fourth-order valence-corrected chi connectivity index (χ4v) is 10.5. The van der Waals surface area contributed by atoms with E-state index in [2.05, 4.69) is 16.0 Å². The van der Waals surface area contributed by atoms with E-state index in [9.17, 15) is 38.7 Å². The Balaban J connectivity index is 1.41. The third-order valence-electron chi connectivity index (χ3n) is 14.3. The normalized spacial score (nSPS) is 22.1. The monoisotopic (exact) mass is 955 g/mol. The number of methoxy groups -OCH3 is 2. The van der Waals surface area contributed by atoms with Crippen LogP contribution in [-0.2, 0) is 49.4 Å². The molecule has 68 heavy (non-hydrogen) atoms. The summed E-state index contributed by atoms with van der Waals surface area (Å²) < 4.78 is 17.3. The highest BCUT2D eigenvalue weighted by Gasteiger charge is 2.52. The van der Waals surface area contributed by atoms with Crippen LogP contribution in [0.15, 0.2) is 30.3 Å². The summed E-state index contributed by atoms with van der Waals surface area (Å²) in [5.41, 5.74) is 0.186. The number of likely N-dealkylation sites (N-methyl/N-ethyl adjacent to an activating group) is 1. The van der Waals surface area contributed by atoms with Crippen molar-refractivity contribution in [2.24, 2.45) is 23.7 Å². The van der Waals surface area contributed by atoms with E-state index in [0.29, 0.717) is 45.2 Å². The minimum atomic E-state index is -1.15. The fraction of sp³-hybridized carbons (Fsp3) is 0.745. The van der Waals surface area contributed by atoms with Crippen molar-refractivity contribution in [3.05, 3.63) is 35.9 Å². The molecule has 17 heteroatoms. The molecule has 4 rings (SSSR count). The number of ether oxygens (including phenoxy) is 3. The molecule has 3 fully saturated rings. The van der Waals surface area contributed by atoms with Gasteiger partial charge in [-0.05, 0) is 89.0 Å². The maximum atomic E-state index is 14.7. The Bertz CT molecular complexity index is 1860. The van der Waals surface area contributed by atoms with Crippen LogP contribution in [0.25, 0.3) is 0 Å². The van der Waals surface area contributed by atoms with E-state index in [-0.39, 0.29) is 66.7 Å². The number of piperidine rings is 1. The van der Waals surface area contributed by atoms with Crippen molar-refractivity contribution in [2.45, 2.75) is 186 Å². The van der Waals surface area contributed by atoms with Gasteiger partial charge in [-0.15, -0.1) is 0 Å².